The molecule has 0 aliphatic heterocycles. The van der Waals surface area contributed by atoms with Gasteiger partial charge in [0, 0.05) is 6.61 Å². The summed E-state index contributed by atoms with van der Waals surface area (Å²) in [6, 6.07) is 0. The van der Waals surface area contributed by atoms with E-state index in [1.165, 1.54) is 32.1 Å². The molecule has 0 aromatic carbocycles. The van der Waals surface area contributed by atoms with Crippen molar-refractivity contribution in [2.75, 3.05) is 6.61 Å². The lowest BCUT2D eigenvalue weighted by Crippen LogP contribution is -3.00. The number of hydrogen-bond donors (Lipinski definition) is 1. The van der Waals surface area contributed by atoms with Crippen LogP contribution in [-0.4, -0.2) is 16.3 Å². The molecule has 1 aromatic heterocycles. The Hall–Kier alpha value is -0.540. The van der Waals surface area contributed by atoms with Gasteiger partial charge >= 0.3 is 0 Å². The van der Waals surface area contributed by atoms with Gasteiger partial charge in [-0.1, -0.05) is 19.3 Å². The van der Waals surface area contributed by atoms with Crippen LogP contribution in [0.1, 0.15) is 38.5 Å². The van der Waals surface area contributed by atoms with Crippen LogP contribution in [0.4, 0.5) is 0 Å². The summed E-state index contributed by atoms with van der Waals surface area (Å²) in [6.45, 7) is 1.47. The second-order valence-electron chi connectivity index (χ2n) is 4.16. The third kappa shape index (κ3) is 6.85. The lowest BCUT2D eigenvalue weighted by atomic mass is 10.1. The highest BCUT2D eigenvalue weighted by atomic mass is 35.5. The molecule has 0 bridgehead atoms. The summed E-state index contributed by atoms with van der Waals surface area (Å²) in [6.07, 6.45) is 13.6. The number of halogens is 1. The van der Waals surface area contributed by atoms with Crippen molar-refractivity contribution in [1.29, 1.82) is 0 Å². The zero-order valence-electron chi connectivity index (χ0n) is 10.1. The summed E-state index contributed by atoms with van der Waals surface area (Å²) >= 11 is 0. The number of aliphatic hydroxyl groups is 1. The minimum Gasteiger partial charge on any atom is -1.00 e. The molecular weight excluding hydrogens is 224 g/mol. The van der Waals surface area contributed by atoms with Crippen molar-refractivity contribution in [3.05, 3.63) is 18.7 Å². The van der Waals surface area contributed by atoms with Crippen molar-refractivity contribution < 1.29 is 22.1 Å². The van der Waals surface area contributed by atoms with E-state index in [0.717, 1.165) is 13.0 Å². The summed E-state index contributed by atoms with van der Waals surface area (Å²) < 4.78 is 4.30. The Morgan fingerprint density at radius 3 is 2.25 bits per heavy atom. The zero-order chi connectivity index (χ0) is 10.9. The Bertz CT molecular complexity index is 263. The van der Waals surface area contributed by atoms with Gasteiger partial charge in [-0.2, -0.15) is 0 Å². The molecule has 0 atom stereocenters. The highest BCUT2D eigenvalue weighted by Gasteiger charge is 1.98. The van der Waals surface area contributed by atoms with E-state index in [9.17, 15) is 0 Å². The van der Waals surface area contributed by atoms with E-state index in [0.29, 0.717) is 6.61 Å². The number of aromatic nitrogens is 2. The lowest BCUT2D eigenvalue weighted by molar-refractivity contribution is -0.671. The topological polar surface area (TPSA) is 29.0 Å². The van der Waals surface area contributed by atoms with Crippen molar-refractivity contribution in [2.45, 2.75) is 45.1 Å². The van der Waals surface area contributed by atoms with Crippen LogP contribution in [0, 0.1) is 0 Å². The Balaban J connectivity index is 0.00000225. The fraction of sp³-hybridized carbons (Fsp3) is 0.750. The molecule has 1 aromatic rings. The fourth-order valence-corrected chi connectivity index (χ4v) is 1.75. The quantitative estimate of drug-likeness (QED) is 0.446. The molecule has 0 radical (unpaired) electrons. The molecule has 94 valence electrons. The standard InChI is InChI=1S/C12H23N2O.ClH/c1-13-9-10-14(12-13)8-6-4-2-3-5-7-11-15;/h9-10,12,15H,2-8,11H2,1H3;1H/q+1;/p-1. The van der Waals surface area contributed by atoms with E-state index < -0.39 is 0 Å². The van der Waals surface area contributed by atoms with E-state index in [4.69, 9.17) is 5.11 Å². The Morgan fingerprint density at radius 1 is 1.06 bits per heavy atom. The molecule has 3 nitrogen and oxygen atoms in total. The monoisotopic (exact) mass is 246 g/mol. The summed E-state index contributed by atoms with van der Waals surface area (Å²) in [5, 5.41) is 8.61. The van der Waals surface area contributed by atoms with Crippen LogP contribution >= 0.6 is 0 Å². The first-order valence-electron chi connectivity index (χ1n) is 5.95. The third-order valence-corrected chi connectivity index (χ3v) is 2.65. The molecule has 0 aliphatic carbocycles. The molecule has 4 heteroatoms. The normalized spacial score (nSPS) is 10.1. The molecule has 0 unspecified atom stereocenters. The van der Waals surface area contributed by atoms with Crippen LogP contribution in [0.3, 0.4) is 0 Å². The van der Waals surface area contributed by atoms with Crippen LogP contribution in [0.25, 0.3) is 0 Å². The minimum atomic E-state index is 0. The predicted molar refractivity (Wildman–Crippen MR) is 60.4 cm³/mol. The van der Waals surface area contributed by atoms with E-state index in [1.54, 1.807) is 0 Å². The molecule has 16 heavy (non-hydrogen) atoms. The minimum absolute atomic E-state index is 0. The number of unbranched alkanes of at least 4 members (excludes halogenated alkanes) is 5. The van der Waals surface area contributed by atoms with E-state index in [2.05, 4.69) is 27.9 Å². The van der Waals surface area contributed by atoms with Gasteiger partial charge in [0.25, 0.3) is 0 Å². The molecular formula is C12H23ClN2O. The smallest absolute Gasteiger partial charge is 0.243 e. The van der Waals surface area contributed by atoms with E-state index in [-0.39, 0.29) is 12.4 Å². The van der Waals surface area contributed by atoms with E-state index >= 15 is 0 Å². The van der Waals surface area contributed by atoms with Crippen molar-refractivity contribution in [3.63, 3.8) is 0 Å². The average Bonchev–Trinajstić information content (AvgIpc) is 2.63. The van der Waals surface area contributed by atoms with Gasteiger partial charge in [0.1, 0.15) is 12.4 Å². The molecule has 1 heterocycles. The van der Waals surface area contributed by atoms with Gasteiger partial charge in [-0.15, -0.1) is 0 Å². The maximum atomic E-state index is 8.61. The highest BCUT2D eigenvalue weighted by Crippen LogP contribution is 2.05. The van der Waals surface area contributed by atoms with Gasteiger partial charge < -0.3 is 17.5 Å². The second kappa shape index (κ2) is 9.67. The van der Waals surface area contributed by atoms with Gasteiger partial charge in [0.05, 0.1) is 13.6 Å². The number of imidazole rings is 1. The van der Waals surface area contributed by atoms with Crippen LogP contribution < -0.4 is 17.0 Å². The molecule has 1 N–H and O–H groups in total. The SMILES string of the molecule is C[n+]1ccn(CCCCCCCCO)c1.[Cl-]. The summed E-state index contributed by atoms with van der Waals surface area (Å²) in [7, 11) is 2.05. The summed E-state index contributed by atoms with van der Waals surface area (Å²) in [4.78, 5) is 0. The molecule has 0 spiro atoms. The Kier molecular flexibility index (Phi) is 9.34. The largest absolute Gasteiger partial charge is 1.00 e. The van der Waals surface area contributed by atoms with Gasteiger partial charge in [0.15, 0.2) is 0 Å². The van der Waals surface area contributed by atoms with E-state index in [1.807, 2.05) is 7.05 Å². The lowest BCUT2D eigenvalue weighted by Gasteiger charge is -1.99. The number of nitrogens with zero attached hydrogens (tertiary/aromatic N) is 2. The van der Waals surface area contributed by atoms with Crippen molar-refractivity contribution in [3.8, 4) is 0 Å². The first-order chi connectivity index (χ1) is 7.33. The van der Waals surface area contributed by atoms with Gasteiger partial charge in [-0.05, 0) is 19.3 Å². The van der Waals surface area contributed by atoms with Crippen molar-refractivity contribution in [2.24, 2.45) is 7.05 Å². The number of aryl methyl sites for hydroxylation is 2. The molecule has 0 saturated heterocycles. The second-order valence-corrected chi connectivity index (χ2v) is 4.16. The maximum Gasteiger partial charge on any atom is 0.243 e. The van der Waals surface area contributed by atoms with Gasteiger partial charge in [-0.3, -0.25) is 0 Å². The number of aliphatic hydroxyl groups excluding tert-OH is 1. The molecule has 1 rings (SSSR count). The van der Waals surface area contributed by atoms with Crippen LogP contribution in [0.2, 0.25) is 0 Å². The molecule has 0 aliphatic rings. The fourth-order valence-electron chi connectivity index (χ4n) is 1.75. The number of rotatable bonds is 8. The molecule has 0 fully saturated rings. The first-order valence-corrected chi connectivity index (χ1v) is 5.95. The third-order valence-electron chi connectivity index (χ3n) is 2.65. The van der Waals surface area contributed by atoms with Gasteiger partial charge in [0.2, 0.25) is 6.33 Å². The predicted octanol–water partition coefficient (Wildman–Crippen LogP) is -1.35. The zero-order valence-corrected chi connectivity index (χ0v) is 10.9. The number of hydrogen-bond acceptors (Lipinski definition) is 1. The van der Waals surface area contributed by atoms with Crippen LogP contribution in [-0.2, 0) is 13.6 Å². The van der Waals surface area contributed by atoms with Crippen molar-refractivity contribution in [1.82, 2.24) is 4.57 Å². The van der Waals surface area contributed by atoms with Gasteiger partial charge in [-0.25, -0.2) is 9.13 Å². The van der Waals surface area contributed by atoms with Crippen LogP contribution in [0.15, 0.2) is 18.7 Å². The molecule has 0 amide bonds. The summed E-state index contributed by atoms with van der Waals surface area (Å²) in [5.41, 5.74) is 0. The molecule has 0 saturated carbocycles. The Morgan fingerprint density at radius 2 is 1.69 bits per heavy atom. The van der Waals surface area contributed by atoms with Crippen molar-refractivity contribution >= 4 is 0 Å². The van der Waals surface area contributed by atoms with Crippen LogP contribution in [0.5, 0.6) is 0 Å². The first kappa shape index (κ1) is 15.5. The maximum absolute atomic E-state index is 8.61. The Labute approximate surface area is 105 Å². The summed E-state index contributed by atoms with van der Waals surface area (Å²) in [5.74, 6) is 0. The highest BCUT2D eigenvalue weighted by molar-refractivity contribution is 4.65. The average molecular weight is 247 g/mol.